The molecule has 0 amide bonds. The Kier molecular flexibility index (Phi) is 8.76. The maximum atomic E-state index is 12.5. The van der Waals surface area contributed by atoms with Gasteiger partial charge in [-0.05, 0) is 64.2 Å². The maximum absolute atomic E-state index is 12.5. The highest BCUT2D eigenvalue weighted by atomic mass is 32.2. The number of carbonyl (C=O) groups excluding carboxylic acids is 1. The smallest absolute Gasteiger partial charge is 0.184 e. The molecule has 1 unspecified atom stereocenters. The van der Waals surface area contributed by atoms with Gasteiger partial charge in [0.05, 0.1) is 10.1 Å². The molecule has 25 heavy (non-hydrogen) atoms. The van der Waals surface area contributed by atoms with Crippen molar-refractivity contribution >= 4 is 26.8 Å². The van der Waals surface area contributed by atoms with Crippen molar-refractivity contribution in [1.29, 1.82) is 0 Å². The lowest BCUT2D eigenvalue weighted by atomic mass is 9.98. The molecule has 0 bridgehead atoms. The maximum Gasteiger partial charge on any atom is 0.184 e. The normalized spacial score (nSPS) is 27.0. The van der Waals surface area contributed by atoms with Crippen molar-refractivity contribution in [2.24, 2.45) is 0 Å². The predicted octanol–water partition coefficient (Wildman–Crippen LogP) is 3.94. The molecule has 3 aliphatic carbocycles. The van der Waals surface area contributed by atoms with Gasteiger partial charge in [-0.3, -0.25) is 4.79 Å². The van der Waals surface area contributed by atoms with Crippen molar-refractivity contribution < 1.29 is 17.8 Å². The molecule has 0 aromatic carbocycles. The molecule has 0 N–H and O–H groups in total. The van der Waals surface area contributed by atoms with E-state index in [0.717, 1.165) is 16.9 Å². The van der Waals surface area contributed by atoms with Crippen LogP contribution >= 0.6 is 0 Å². The van der Waals surface area contributed by atoms with E-state index < -0.39 is 10.1 Å². The minimum atomic E-state index is -3.92. The molecule has 0 aromatic heterocycles. The molecular weight excluding hydrogens is 356 g/mol. The SMILES string of the molecule is CS(=O)(=O)[O-].O=C1CCCCC1[S+](C1CCCCC1)C1CCCCC1. The third-order valence-corrected chi connectivity index (χ3v) is 9.34. The van der Waals surface area contributed by atoms with Crippen LogP contribution in [0.4, 0.5) is 0 Å². The molecule has 6 heteroatoms. The summed E-state index contributed by atoms with van der Waals surface area (Å²) in [5, 5.41) is 2.31. The fourth-order valence-corrected chi connectivity index (χ4v) is 8.74. The summed E-state index contributed by atoms with van der Waals surface area (Å²) >= 11 is 0. The van der Waals surface area contributed by atoms with Crippen LogP contribution in [0.15, 0.2) is 0 Å². The molecule has 146 valence electrons. The van der Waals surface area contributed by atoms with E-state index in [1.54, 1.807) is 0 Å². The Morgan fingerprint density at radius 1 is 0.800 bits per heavy atom. The van der Waals surface area contributed by atoms with Crippen LogP contribution < -0.4 is 0 Å². The largest absolute Gasteiger partial charge is 0.748 e. The van der Waals surface area contributed by atoms with Crippen LogP contribution in [0.5, 0.6) is 0 Å². The lowest BCUT2D eigenvalue weighted by molar-refractivity contribution is -0.119. The highest BCUT2D eigenvalue weighted by Gasteiger charge is 2.48. The average molecular weight is 391 g/mol. The van der Waals surface area contributed by atoms with Crippen LogP contribution in [0, 0.1) is 0 Å². The van der Waals surface area contributed by atoms with Gasteiger partial charge in [0.15, 0.2) is 11.0 Å². The van der Waals surface area contributed by atoms with Gasteiger partial charge in [-0.1, -0.05) is 12.8 Å². The summed E-state index contributed by atoms with van der Waals surface area (Å²) in [5.74, 6) is 0.649. The number of hydrogen-bond donors (Lipinski definition) is 0. The molecule has 3 fully saturated rings. The molecule has 0 spiro atoms. The van der Waals surface area contributed by atoms with Crippen molar-refractivity contribution in [1.82, 2.24) is 0 Å². The quantitative estimate of drug-likeness (QED) is 0.540. The second-order valence-electron chi connectivity index (χ2n) is 7.83. The fourth-order valence-electron chi connectivity index (χ4n) is 4.65. The third-order valence-electron chi connectivity index (χ3n) is 5.70. The number of Topliss-reactive ketones (excluding diaryl/α,β-unsaturated/α-hetero) is 1. The first kappa shape index (κ1) is 21.2. The van der Waals surface area contributed by atoms with Gasteiger partial charge in [0.1, 0.15) is 10.5 Å². The molecule has 1 atom stereocenters. The molecule has 3 aliphatic rings. The summed E-state index contributed by atoms with van der Waals surface area (Å²) in [4.78, 5) is 12.5. The molecule has 0 saturated heterocycles. The second kappa shape index (κ2) is 10.3. The topological polar surface area (TPSA) is 74.3 Å². The van der Waals surface area contributed by atoms with Gasteiger partial charge >= 0.3 is 0 Å². The zero-order valence-corrected chi connectivity index (χ0v) is 17.2. The summed E-state index contributed by atoms with van der Waals surface area (Å²) in [6.07, 6.45) is 19.6. The molecule has 0 radical (unpaired) electrons. The Bertz CT molecular complexity index is 480. The van der Waals surface area contributed by atoms with E-state index >= 15 is 0 Å². The van der Waals surface area contributed by atoms with Gasteiger partial charge in [0.25, 0.3) is 0 Å². The van der Waals surface area contributed by atoms with Gasteiger partial charge in [0, 0.05) is 30.0 Å². The monoisotopic (exact) mass is 390 g/mol. The molecular formula is C19H34O4S2. The van der Waals surface area contributed by atoms with E-state index in [9.17, 15) is 4.79 Å². The Morgan fingerprint density at radius 2 is 1.20 bits per heavy atom. The van der Waals surface area contributed by atoms with Gasteiger partial charge in [0.2, 0.25) is 0 Å². The van der Waals surface area contributed by atoms with E-state index in [0.29, 0.717) is 28.2 Å². The molecule has 0 aromatic rings. The first-order valence-corrected chi connectivity index (χ1v) is 13.2. The lowest BCUT2D eigenvalue weighted by Gasteiger charge is -2.35. The highest BCUT2D eigenvalue weighted by molar-refractivity contribution is 7.99. The first-order chi connectivity index (χ1) is 11.9. The zero-order chi connectivity index (χ0) is 18.3. The number of rotatable bonds is 3. The van der Waals surface area contributed by atoms with Crippen LogP contribution in [0.3, 0.4) is 0 Å². The molecule has 3 rings (SSSR count). The fraction of sp³-hybridized carbons (Fsp3) is 0.947. The number of hydrogen-bond acceptors (Lipinski definition) is 4. The summed E-state index contributed by atoms with van der Waals surface area (Å²) < 4.78 is 27.2. The van der Waals surface area contributed by atoms with Crippen molar-refractivity contribution in [3.8, 4) is 0 Å². The van der Waals surface area contributed by atoms with Gasteiger partial charge in [-0.15, -0.1) is 0 Å². The standard InChI is InChI=1S/C18H31OS.CH4O3S/c19-17-13-7-8-14-18(17)20(15-9-3-1-4-10-15)16-11-5-2-6-12-16;1-5(2,3)4/h15-16,18H,1-14H2;1H3,(H,2,3,4)/q+1;/p-1. The van der Waals surface area contributed by atoms with Crippen LogP contribution in [-0.2, 0) is 25.8 Å². The zero-order valence-electron chi connectivity index (χ0n) is 15.6. The highest BCUT2D eigenvalue weighted by Crippen LogP contribution is 2.39. The Morgan fingerprint density at radius 3 is 1.60 bits per heavy atom. The Hall–Kier alpha value is -0.0700. The average Bonchev–Trinajstić information content (AvgIpc) is 2.57. The molecule has 3 saturated carbocycles. The van der Waals surface area contributed by atoms with E-state index in [4.69, 9.17) is 13.0 Å². The van der Waals surface area contributed by atoms with E-state index in [2.05, 4.69) is 0 Å². The Balaban J connectivity index is 0.000000399. The van der Waals surface area contributed by atoms with Crippen LogP contribution in [0.25, 0.3) is 0 Å². The number of carbonyl (C=O) groups is 1. The summed E-state index contributed by atoms with van der Waals surface area (Å²) in [6, 6.07) is 0. The molecule has 0 heterocycles. The van der Waals surface area contributed by atoms with Gasteiger partial charge in [-0.2, -0.15) is 0 Å². The second-order valence-corrected chi connectivity index (χ2v) is 12.0. The van der Waals surface area contributed by atoms with Crippen molar-refractivity contribution in [3.05, 3.63) is 0 Å². The molecule has 4 nitrogen and oxygen atoms in total. The lowest BCUT2D eigenvalue weighted by Crippen LogP contribution is -2.47. The van der Waals surface area contributed by atoms with E-state index in [-0.39, 0.29) is 0 Å². The first-order valence-electron chi connectivity index (χ1n) is 10.0. The van der Waals surface area contributed by atoms with E-state index in [1.165, 1.54) is 83.5 Å². The minimum absolute atomic E-state index is 0.437. The van der Waals surface area contributed by atoms with Crippen molar-refractivity contribution in [3.63, 3.8) is 0 Å². The number of ketones is 1. The van der Waals surface area contributed by atoms with Crippen LogP contribution in [0.1, 0.15) is 89.9 Å². The summed E-state index contributed by atoms with van der Waals surface area (Å²) in [7, 11) is -3.48. The van der Waals surface area contributed by atoms with Crippen molar-refractivity contribution in [2.75, 3.05) is 6.26 Å². The summed E-state index contributed by atoms with van der Waals surface area (Å²) in [5.41, 5.74) is 0. The van der Waals surface area contributed by atoms with Gasteiger partial charge in [-0.25, -0.2) is 8.42 Å². The van der Waals surface area contributed by atoms with Gasteiger partial charge < -0.3 is 4.55 Å². The third kappa shape index (κ3) is 7.59. The Labute approximate surface area is 156 Å². The molecule has 0 aliphatic heterocycles. The van der Waals surface area contributed by atoms with Crippen LogP contribution in [0.2, 0.25) is 0 Å². The van der Waals surface area contributed by atoms with E-state index in [1.807, 2.05) is 0 Å². The van der Waals surface area contributed by atoms with Crippen LogP contribution in [-0.4, -0.2) is 40.8 Å². The minimum Gasteiger partial charge on any atom is -0.748 e. The predicted molar refractivity (Wildman–Crippen MR) is 104 cm³/mol. The summed E-state index contributed by atoms with van der Waals surface area (Å²) in [6.45, 7) is 0. The van der Waals surface area contributed by atoms with Crippen molar-refractivity contribution in [2.45, 2.75) is 106 Å².